The van der Waals surface area contributed by atoms with Crippen LogP contribution in [0, 0.1) is 12.8 Å². The number of aromatic nitrogens is 1. The van der Waals surface area contributed by atoms with Crippen molar-refractivity contribution in [2.45, 2.75) is 13.3 Å². The smallest absolute Gasteiger partial charge is 0.229 e. The van der Waals surface area contributed by atoms with Gasteiger partial charge in [-0.05, 0) is 36.1 Å². The number of fused-ring (bicyclic) bond motifs is 1. The maximum absolute atomic E-state index is 12.1. The van der Waals surface area contributed by atoms with Gasteiger partial charge < -0.3 is 0 Å². The third-order valence-corrected chi connectivity index (χ3v) is 5.03. The Hall–Kier alpha value is -1.82. The second-order valence-electron chi connectivity index (χ2n) is 5.00. The Morgan fingerprint density at radius 2 is 2.43 bits per heavy atom. The third kappa shape index (κ3) is 2.55. The molecule has 1 unspecified atom stereocenters. The number of anilines is 1. The summed E-state index contributed by atoms with van der Waals surface area (Å²) in [6, 6.07) is 3.77. The lowest BCUT2D eigenvalue weighted by atomic mass is 10.1. The van der Waals surface area contributed by atoms with E-state index in [-0.39, 0.29) is 11.8 Å². The molecule has 2 aromatic rings. The number of thiazole rings is 1. The number of rotatable bonds is 3. The number of carbonyl (C=O) groups is 1. The highest BCUT2D eigenvalue weighted by molar-refractivity contribution is 7.22. The second kappa shape index (κ2) is 5.52. The number of carbonyl (C=O) groups excluding carboxylic acids is 1. The van der Waals surface area contributed by atoms with Crippen LogP contribution in [0.3, 0.4) is 0 Å². The number of azide groups is 1. The summed E-state index contributed by atoms with van der Waals surface area (Å²) in [5.41, 5.74) is 10.1. The summed E-state index contributed by atoms with van der Waals surface area (Å²) in [6.07, 6.45) is 0.398. The van der Waals surface area contributed by atoms with E-state index in [2.05, 4.69) is 15.0 Å². The van der Waals surface area contributed by atoms with Crippen molar-refractivity contribution >= 4 is 44.2 Å². The molecule has 8 heteroatoms. The van der Waals surface area contributed by atoms with E-state index >= 15 is 0 Å². The van der Waals surface area contributed by atoms with E-state index in [0.717, 1.165) is 15.8 Å². The molecule has 3 rings (SSSR count). The Labute approximate surface area is 130 Å². The molecule has 1 fully saturated rings. The molecule has 0 saturated carbocycles. The van der Waals surface area contributed by atoms with Gasteiger partial charge in [0.15, 0.2) is 5.13 Å². The van der Waals surface area contributed by atoms with Crippen LogP contribution < -0.4 is 4.90 Å². The Balaban J connectivity index is 1.92. The van der Waals surface area contributed by atoms with Crippen LogP contribution in [-0.2, 0) is 4.79 Å². The van der Waals surface area contributed by atoms with Crippen LogP contribution >= 0.6 is 22.9 Å². The SMILES string of the molecule is Cc1c(Cl)ccc2sc(N3CC(CN=[N+]=[N-])CC3=O)nc12. The molecule has 0 aliphatic carbocycles. The number of halogens is 1. The molecule has 1 atom stereocenters. The summed E-state index contributed by atoms with van der Waals surface area (Å²) in [4.78, 5) is 21.1. The molecule has 1 saturated heterocycles. The van der Waals surface area contributed by atoms with E-state index in [0.29, 0.717) is 29.7 Å². The minimum Gasteiger partial charge on any atom is -0.288 e. The lowest BCUT2D eigenvalue weighted by molar-refractivity contribution is -0.117. The summed E-state index contributed by atoms with van der Waals surface area (Å²) in [5, 5.41) is 4.91. The van der Waals surface area contributed by atoms with Crippen molar-refractivity contribution in [3.05, 3.63) is 33.2 Å². The van der Waals surface area contributed by atoms with Gasteiger partial charge in [0.25, 0.3) is 0 Å². The van der Waals surface area contributed by atoms with Crippen molar-refractivity contribution in [2.75, 3.05) is 18.0 Å². The molecule has 1 aromatic carbocycles. The van der Waals surface area contributed by atoms with Crippen LogP contribution in [-0.4, -0.2) is 24.0 Å². The maximum Gasteiger partial charge on any atom is 0.229 e. The summed E-state index contributed by atoms with van der Waals surface area (Å²) in [5.74, 6) is 0.0843. The Morgan fingerprint density at radius 3 is 3.19 bits per heavy atom. The number of nitrogens with zero attached hydrogens (tertiary/aromatic N) is 5. The van der Waals surface area contributed by atoms with Gasteiger partial charge in [-0.15, -0.1) is 0 Å². The largest absolute Gasteiger partial charge is 0.288 e. The van der Waals surface area contributed by atoms with E-state index in [4.69, 9.17) is 17.1 Å². The van der Waals surface area contributed by atoms with E-state index in [1.165, 1.54) is 11.3 Å². The molecular formula is C13H12ClN5OS. The zero-order valence-electron chi connectivity index (χ0n) is 11.3. The van der Waals surface area contributed by atoms with Gasteiger partial charge in [0.05, 0.1) is 10.2 Å². The van der Waals surface area contributed by atoms with Crippen LogP contribution in [0.5, 0.6) is 0 Å². The van der Waals surface area contributed by atoms with Crippen molar-refractivity contribution in [1.82, 2.24) is 4.98 Å². The predicted octanol–water partition coefficient (Wildman–Crippen LogP) is 3.92. The van der Waals surface area contributed by atoms with Crippen LogP contribution in [0.15, 0.2) is 17.2 Å². The molecule has 0 N–H and O–H groups in total. The molecule has 108 valence electrons. The summed E-state index contributed by atoms with van der Waals surface area (Å²) < 4.78 is 1.01. The van der Waals surface area contributed by atoms with Crippen LogP contribution in [0.2, 0.25) is 5.02 Å². The molecule has 1 aliphatic heterocycles. The zero-order valence-corrected chi connectivity index (χ0v) is 12.9. The van der Waals surface area contributed by atoms with Gasteiger partial charge in [0, 0.05) is 29.4 Å². The molecule has 21 heavy (non-hydrogen) atoms. The molecular weight excluding hydrogens is 310 g/mol. The second-order valence-corrected chi connectivity index (χ2v) is 6.42. The van der Waals surface area contributed by atoms with Gasteiger partial charge in [-0.1, -0.05) is 28.1 Å². The fourth-order valence-corrected chi connectivity index (χ4v) is 3.65. The summed E-state index contributed by atoms with van der Waals surface area (Å²) in [7, 11) is 0. The highest BCUT2D eigenvalue weighted by atomic mass is 35.5. The van der Waals surface area contributed by atoms with Gasteiger partial charge in [0.1, 0.15) is 0 Å². The van der Waals surface area contributed by atoms with Crippen molar-refractivity contribution in [1.29, 1.82) is 0 Å². The van der Waals surface area contributed by atoms with E-state index in [1.807, 2.05) is 19.1 Å². The van der Waals surface area contributed by atoms with Gasteiger partial charge in [-0.25, -0.2) is 4.98 Å². The number of aryl methyl sites for hydroxylation is 1. The molecule has 0 spiro atoms. The highest BCUT2D eigenvalue weighted by Crippen LogP contribution is 2.35. The summed E-state index contributed by atoms with van der Waals surface area (Å²) >= 11 is 7.58. The van der Waals surface area contributed by atoms with E-state index in [9.17, 15) is 4.79 Å². The minimum atomic E-state index is 0.0240. The maximum atomic E-state index is 12.1. The Kier molecular flexibility index (Phi) is 3.71. The first kappa shape index (κ1) is 14.1. The first-order chi connectivity index (χ1) is 10.1. The van der Waals surface area contributed by atoms with Crippen LogP contribution in [0.1, 0.15) is 12.0 Å². The lowest BCUT2D eigenvalue weighted by Gasteiger charge is -2.11. The first-order valence-electron chi connectivity index (χ1n) is 6.47. The van der Waals surface area contributed by atoms with Gasteiger partial charge in [0.2, 0.25) is 5.91 Å². The monoisotopic (exact) mass is 321 g/mol. The standard InChI is InChI=1S/C13H12ClN5OS/c1-7-9(14)2-3-10-12(7)17-13(21-10)19-6-8(4-11(19)20)5-16-18-15/h2-3,8H,4-6H2,1H3. The quantitative estimate of drug-likeness (QED) is 0.487. The minimum absolute atomic E-state index is 0.0240. The van der Waals surface area contributed by atoms with Gasteiger partial charge >= 0.3 is 0 Å². The van der Waals surface area contributed by atoms with E-state index in [1.54, 1.807) is 4.90 Å². The number of hydrogen-bond donors (Lipinski definition) is 0. The third-order valence-electron chi connectivity index (χ3n) is 3.58. The first-order valence-corrected chi connectivity index (χ1v) is 7.66. The average Bonchev–Trinajstić information content (AvgIpc) is 3.04. The fourth-order valence-electron chi connectivity index (χ4n) is 2.45. The molecule has 1 amide bonds. The molecule has 0 radical (unpaired) electrons. The van der Waals surface area contributed by atoms with Crippen LogP contribution in [0.4, 0.5) is 5.13 Å². The lowest BCUT2D eigenvalue weighted by Crippen LogP contribution is -2.24. The Morgan fingerprint density at radius 1 is 1.62 bits per heavy atom. The van der Waals surface area contributed by atoms with E-state index < -0.39 is 0 Å². The molecule has 6 nitrogen and oxygen atoms in total. The highest BCUT2D eigenvalue weighted by Gasteiger charge is 2.32. The normalized spacial score (nSPS) is 18.3. The van der Waals surface area contributed by atoms with Crippen LogP contribution in [0.25, 0.3) is 20.7 Å². The average molecular weight is 322 g/mol. The number of hydrogen-bond acceptors (Lipinski definition) is 4. The van der Waals surface area contributed by atoms with Gasteiger partial charge in [-0.2, -0.15) is 0 Å². The molecule has 0 bridgehead atoms. The number of benzene rings is 1. The fraction of sp³-hybridized carbons (Fsp3) is 0.385. The topological polar surface area (TPSA) is 82.0 Å². The van der Waals surface area contributed by atoms with Crippen molar-refractivity contribution in [3.8, 4) is 0 Å². The zero-order chi connectivity index (χ0) is 15.0. The number of amides is 1. The summed E-state index contributed by atoms with van der Waals surface area (Å²) in [6.45, 7) is 2.81. The molecule has 1 aliphatic rings. The molecule has 2 heterocycles. The van der Waals surface area contributed by atoms with Crippen molar-refractivity contribution in [3.63, 3.8) is 0 Å². The predicted molar refractivity (Wildman–Crippen MR) is 83.8 cm³/mol. The molecule has 1 aromatic heterocycles. The van der Waals surface area contributed by atoms with Crippen molar-refractivity contribution < 1.29 is 4.79 Å². The Bertz CT molecular complexity index is 767. The van der Waals surface area contributed by atoms with Gasteiger partial charge in [-0.3, -0.25) is 9.69 Å². The van der Waals surface area contributed by atoms with Crippen molar-refractivity contribution in [2.24, 2.45) is 11.0 Å².